The zero-order valence-electron chi connectivity index (χ0n) is 14.5. The quantitative estimate of drug-likeness (QED) is 0.736. The van der Waals surface area contributed by atoms with Gasteiger partial charge < -0.3 is 0 Å². The Bertz CT molecular complexity index is 1110. The number of rotatable bonds is 4. The predicted octanol–water partition coefficient (Wildman–Crippen LogP) is 2.87. The summed E-state index contributed by atoms with van der Waals surface area (Å²) in [5.41, 5.74) is 1.48. The Morgan fingerprint density at radius 2 is 1.78 bits per heavy atom. The highest BCUT2D eigenvalue weighted by Crippen LogP contribution is 2.30. The molecule has 27 heavy (non-hydrogen) atoms. The molecule has 1 amide bonds. The molecule has 0 aliphatic carbocycles. The number of hydrogen-bond donors (Lipinski definition) is 1. The molecule has 1 aliphatic rings. The summed E-state index contributed by atoms with van der Waals surface area (Å²) < 4.78 is 53.3. The summed E-state index contributed by atoms with van der Waals surface area (Å²) in [6.45, 7) is 3.43. The third-order valence-corrected chi connectivity index (χ3v) is 8.02. The van der Waals surface area contributed by atoms with Gasteiger partial charge in [-0.1, -0.05) is 13.0 Å². The van der Waals surface area contributed by atoms with Crippen LogP contribution in [-0.2, 0) is 24.8 Å². The van der Waals surface area contributed by atoms with Crippen molar-refractivity contribution in [1.29, 1.82) is 0 Å². The fourth-order valence-corrected chi connectivity index (χ4v) is 6.38. The lowest BCUT2D eigenvalue weighted by atomic mass is 10.2. The molecule has 0 saturated carbocycles. The maximum Gasteiger partial charge on any atom is 0.261 e. The largest absolute Gasteiger partial charge is 0.278 e. The molecule has 1 heterocycles. The molecule has 1 aliphatic heterocycles. The van der Waals surface area contributed by atoms with Crippen molar-refractivity contribution in [3.05, 3.63) is 52.5 Å². The van der Waals surface area contributed by atoms with Crippen molar-refractivity contribution >= 4 is 53.3 Å². The highest BCUT2D eigenvalue weighted by atomic mass is 79.9. The number of anilines is 2. The summed E-state index contributed by atoms with van der Waals surface area (Å²) in [4.78, 5) is 12.1. The summed E-state index contributed by atoms with van der Waals surface area (Å²) in [5.74, 6) is -1.40. The Morgan fingerprint density at radius 3 is 2.30 bits per heavy atom. The Morgan fingerprint density at radius 1 is 1.15 bits per heavy atom. The van der Waals surface area contributed by atoms with E-state index in [9.17, 15) is 21.6 Å². The molecule has 1 unspecified atom stereocenters. The predicted molar refractivity (Wildman–Crippen MR) is 107 cm³/mol. The number of hydrogen-bond acceptors (Lipinski definition) is 5. The van der Waals surface area contributed by atoms with Gasteiger partial charge in [0.05, 0.1) is 27.9 Å². The molecule has 2 aromatic rings. The van der Waals surface area contributed by atoms with Crippen molar-refractivity contribution in [2.24, 2.45) is 5.92 Å². The first-order valence-electron chi connectivity index (χ1n) is 7.97. The maximum atomic E-state index is 12.6. The molecule has 1 atom stereocenters. The van der Waals surface area contributed by atoms with Crippen LogP contribution in [0.2, 0.25) is 0 Å². The molecule has 144 valence electrons. The molecule has 1 saturated heterocycles. The van der Waals surface area contributed by atoms with E-state index in [4.69, 9.17) is 0 Å². The molecule has 0 aromatic heterocycles. The first-order chi connectivity index (χ1) is 12.5. The van der Waals surface area contributed by atoms with E-state index >= 15 is 0 Å². The number of nitrogens with zero attached hydrogens (tertiary/aromatic N) is 1. The first kappa shape index (κ1) is 19.8. The molecular formula is C17H17BrN2O5S2. The van der Waals surface area contributed by atoms with Gasteiger partial charge in [-0.05, 0) is 64.8 Å². The number of amides is 1. The van der Waals surface area contributed by atoms with Crippen LogP contribution in [0.1, 0.15) is 12.5 Å². The third kappa shape index (κ3) is 3.87. The summed E-state index contributed by atoms with van der Waals surface area (Å²) in [6, 6.07) is 10.4. The molecule has 2 aromatic carbocycles. The van der Waals surface area contributed by atoms with E-state index in [2.05, 4.69) is 20.7 Å². The summed E-state index contributed by atoms with van der Waals surface area (Å²) >= 11 is 3.32. The Balaban J connectivity index is 1.89. The van der Waals surface area contributed by atoms with E-state index in [1.165, 1.54) is 24.3 Å². The van der Waals surface area contributed by atoms with Gasteiger partial charge in [0.2, 0.25) is 15.9 Å². The smallest absolute Gasteiger partial charge is 0.261 e. The Kier molecular flexibility index (Phi) is 5.08. The normalized spacial score (nSPS) is 19.3. The second kappa shape index (κ2) is 6.92. The number of carbonyl (C=O) groups excluding carboxylic acids is 1. The fourth-order valence-electron chi connectivity index (χ4n) is 2.75. The number of sulfonamides is 2. The molecule has 1 fully saturated rings. The van der Waals surface area contributed by atoms with Crippen molar-refractivity contribution in [3.8, 4) is 0 Å². The summed E-state index contributed by atoms with van der Waals surface area (Å²) in [5, 5.41) is 0. The number of benzene rings is 2. The van der Waals surface area contributed by atoms with Crippen molar-refractivity contribution in [3.63, 3.8) is 0 Å². The number of carbonyl (C=O) groups is 1. The Labute approximate surface area is 166 Å². The highest BCUT2D eigenvalue weighted by molar-refractivity contribution is 9.10. The monoisotopic (exact) mass is 472 g/mol. The van der Waals surface area contributed by atoms with Crippen LogP contribution in [-0.4, -0.2) is 28.5 Å². The molecule has 1 N–H and O–H groups in total. The van der Waals surface area contributed by atoms with Crippen LogP contribution < -0.4 is 9.03 Å². The molecule has 0 bridgehead atoms. The van der Waals surface area contributed by atoms with Gasteiger partial charge in [-0.25, -0.2) is 21.1 Å². The number of halogens is 1. The van der Waals surface area contributed by atoms with Gasteiger partial charge in [-0.3, -0.25) is 9.52 Å². The van der Waals surface area contributed by atoms with Gasteiger partial charge in [-0.15, -0.1) is 0 Å². The second-order valence-electron chi connectivity index (χ2n) is 6.36. The van der Waals surface area contributed by atoms with E-state index in [-0.39, 0.29) is 16.3 Å². The van der Waals surface area contributed by atoms with Gasteiger partial charge in [0.1, 0.15) is 0 Å². The molecule has 3 rings (SSSR count). The lowest BCUT2D eigenvalue weighted by molar-refractivity contribution is -0.119. The minimum Gasteiger partial charge on any atom is -0.278 e. The topological polar surface area (TPSA) is 101 Å². The van der Waals surface area contributed by atoms with Crippen LogP contribution in [0.15, 0.2) is 51.8 Å². The standard InChI is InChI=1S/C17H17BrN2O5S2/c1-11-3-8-16(15(18)9-11)19-27(24,25)14-6-4-13(5-7-14)20-17(21)12(2)10-26(20,22)23/h3-9,12,19H,10H2,1-2H3. The maximum absolute atomic E-state index is 12.6. The van der Waals surface area contributed by atoms with Gasteiger partial charge in [0.25, 0.3) is 10.0 Å². The molecule has 0 spiro atoms. The van der Waals surface area contributed by atoms with Crippen LogP contribution in [0.4, 0.5) is 11.4 Å². The van der Waals surface area contributed by atoms with Crippen LogP contribution in [0.5, 0.6) is 0 Å². The first-order valence-corrected chi connectivity index (χ1v) is 11.9. The van der Waals surface area contributed by atoms with Crippen LogP contribution in [0.25, 0.3) is 0 Å². The zero-order chi connectivity index (χ0) is 20.0. The van der Waals surface area contributed by atoms with Crippen molar-refractivity contribution < 1.29 is 21.6 Å². The number of nitrogens with one attached hydrogen (secondary N) is 1. The van der Waals surface area contributed by atoms with Crippen LogP contribution in [0, 0.1) is 12.8 Å². The minimum atomic E-state index is -3.87. The lowest BCUT2D eigenvalue weighted by Crippen LogP contribution is -2.30. The third-order valence-electron chi connectivity index (χ3n) is 4.11. The van der Waals surface area contributed by atoms with Crippen molar-refractivity contribution in [2.45, 2.75) is 18.7 Å². The summed E-state index contributed by atoms with van der Waals surface area (Å²) in [7, 11) is -7.61. The van der Waals surface area contributed by atoms with Crippen molar-refractivity contribution in [2.75, 3.05) is 14.8 Å². The zero-order valence-corrected chi connectivity index (χ0v) is 17.7. The fraction of sp³-hybridized carbons (Fsp3) is 0.235. The van der Waals surface area contributed by atoms with Crippen molar-refractivity contribution in [1.82, 2.24) is 0 Å². The van der Waals surface area contributed by atoms with Gasteiger partial charge in [0.15, 0.2) is 0 Å². The highest BCUT2D eigenvalue weighted by Gasteiger charge is 2.41. The SMILES string of the molecule is Cc1ccc(NS(=O)(=O)c2ccc(N3C(=O)C(C)CS3(=O)=O)cc2)c(Br)c1. The van der Waals surface area contributed by atoms with Gasteiger partial charge >= 0.3 is 0 Å². The van der Waals surface area contributed by atoms with Gasteiger partial charge in [-0.2, -0.15) is 0 Å². The second-order valence-corrected chi connectivity index (χ2v) is 10.8. The molecule has 10 heteroatoms. The van der Waals surface area contributed by atoms with E-state index < -0.39 is 31.9 Å². The van der Waals surface area contributed by atoms with E-state index in [0.29, 0.717) is 10.2 Å². The molecule has 7 nitrogen and oxygen atoms in total. The molecule has 0 radical (unpaired) electrons. The lowest BCUT2D eigenvalue weighted by Gasteiger charge is -2.16. The summed E-state index contributed by atoms with van der Waals surface area (Å²) in [6.07, 6.45) is 0. The molecular weight excluding hydrogens is 456 g/mol. The average Bonchev–Trinajstić information content (AvgIpc) is 2.78. The Hall–Kier alpha value is -1.91. The van der Waals surface area contributed by atoms with Gasteiger partial charge in [0, 0.05) is 4.47 Å². The van der Waals surface area contributed by atoms with E-state index in [1.54, 1.807) is 25.1 Å². The van der Waals surface area contributed by atoms with Crippen LogP contribution in [0.3, 0.4) is 0 Å². The van der Waals surface area contributed by atoms with Crippen LogP contribution >= 0.6 is 15.9 Å². The van der Waals surface area contributed by atoms with E-state index in [1.807, 2.05) is 6.92 Å². The van der Waals surface area contributed by atoms with E-state index in [0.717, 1.165) is 9.87 Å². The average molecular weight is 473 g/mol. The number of aryl methyl sites for hydroxylation is 1. The minimum absolute atomic E-state index is 0.0455.